The van der Waals surface area contributed by atoms with E-state index in [1.165, 1.54) is 0 Å². The minimum absolute atomic E-state index is 0.100. The molecule has 0 aliphatic heterocycles. The summed E-state index contributed by atoms with van der Waals surface area (Å²) >= 11 is 0. The summed E-state index contributed by atoms with van der Waals surface area (Å²) in [5.74, 6) is -0.209. The number of halogens is 2. The van der Waals surface area contributed by atoms with E-state index in [2.05, 4.69) is 5.32 Å². The van der Waals surface area contributed by atoms with Crippen LogP contribution < -0.4 is 11.1 Å². The Kier molecular flexibility index (Phi) is 4.73. The van der Waals surface area contributed by atoms with Crippen LogP contribution in [0.25, 0.3) is 0 Å². The lowest BCUT2D eigenvalue weighted by molar-refractivity contribution is -0.126. The normalized spacial score (nSPS) is 31.0. The van der Waals surface area contributed by atoms with Crippen LogP contribution >= 0.6 is 0 Å². The van der Waals surface area contributed by atoms with Crippen molar-refractivity contribution in [3.63, 3.8) is 0 Å². The molecule has 0 spiro atoms. The molecule has 0 bridgehead atoms. The highest BCUT2D eigenvalue weighted by atomic mass is 19.3. The van der Waals surface area contributed by atoms with Crippen LogP contribution in [-0.2, 0) is 9.53 Å². The van der Waals surface area contributed by atoms with Crippen molar-refractivity contribution in [3.8, 4) is 0 Å². The number of amides is 1. The molecule has 110 valence electrons. The number of hydrogen-bond donors (Lipinski definition) is 2. The second-order valence-corrected chi connectivity index (χ2v) is 5.60. The van der Waals surface area contributed by atoms with Crippen molar-refractivity contribution in [2.24, 2.45) is 11.7 Å². The van der Waals surface area contributed by atoms with Crippen molar-refractivity contribution in [3.05, 3.63) is 0 Å². The van der Waals surface area contributed by atoms with Crippen LogP contribution in [0.3, 0.4) is 0 Å². The molecule has 2 rings (SSSR count). The van der Waals surface area contributed by atoms with Crippen LogP contribution in [0.2, 0.25) is 0 Å². The van der Waals surface area contributed by atoms with Gasteiger partial charge in [0.2, 0.25) is 5.91 Å². The molecule has 0 aromatic carbocycles. The summed E-state index contributed by atoms with van der Waals surface area (Å²) in [4.78, 5) is 11.8. The lowest BCUT2D eigenvalue weighted by atomic mass is 9.84. The zero-order chi connectivity index (χ0) is 13.9. The molecule has 1 amide bonds. The third-order valence-electron chi connectivity index (χ3n) is 4.15. The van der Waals surface area contributed by atoms with Gasteiger partial charge in [-0.15, -0.1) is 0 Å². The van der Waals surface area contributed by atoms with E-state index >= 15 is 0 Å². The third kappa shape index (κ3) is 3.63. The number of ether oxygens (including phenoxy) is 1. The summed E-state index contributed by atoms with van der Waals surface area (Å²) < 4.78 is 28.9. The average molecular weight is 276 g/mol. The fourth-order valence-electron chi connectivity index (χ4n) is 3.04. The number of carbonyl (C=O) groups excluding carboxylic acids is 1. The topological polar surface area (TPSA) is 64.4 Å². The summed E-state index contributed by atoms with van der Waals surface area (Å²) in [6, 6.07) is 0.398. The number of primary amides is 1. The maximum atomic E-state index is 12.0. The van der Waals surface area contributed by atoms with Crippen LogP contribution in [0.1, 0.15) is 38.5 Å². The fraction of sp³-hybridized carbons (Fsp3) is 0.923. The fourth-order valence-corrected chi connectivity index (χ4v) is 3.04. The van der Waals surface area contributed by atoms with Gasteiger partial charge >= 0.3 is 0 Å². The van der Waals surface area contributed by atoms with Gasteiger partial charge in [0.25, 0.3) is 6.43 Å². The number of nitrogens with two attached hydrogens (primary N) is 1. The number of carbonyl (C=O) groups is 1. The van der Waals surface area contributed by atoms with Gasteiger partial charge in [0.1, 0.15) is 12.1 Å². The van der Waals surface area contributed by atoms with E-state index in [9.17, 15) is 13.6 Å². The molecule has 0 radical (unpaired) electrons. The second kappa shape index (κ2) is 6.13. The first-order chi connectivity index (χ1) is 9.04. The van der Waals surface area contributed by atoms with Gasteiger partial charge in [0.15, 0.2) is 0 Å². The Balaban J connectivity index is 1.87. The monoisotopic (exact) mass is 276 g/mol. The molecule has 2 saturated carbocycles. The van der Waals surface area contributed by atoms with Crippen molar-refractivity contribution < 1.29 is 18.3 Å². The highest BCUT2D eigenvalue weighted by Gasteiger charge is 2.49. The van der Waals surface area contributed by atoms with Crippen LogP contribution in [0.15, 0.2) is 0 Å². The molecule has 2 fully saturated rings. The molecule has 2 atom stereocenters. The van der Waals surface area contributed by atoms with Crippen molar-refractivity contribution in [1.82, 2.24) is 5.32 Å². The van der Waals surface area contributed by atoms with Gasteiger partial charge in [0.05, 0.1) is 0 Å². The molecule has 0 heterocycles. The summed E-state index contributed by atoms with van der Waals surface area (Å²) in [5, 5.41) is 3.39. The van der Waals surface area contributed by atoms with E-state index in [-0.39, 0.29) is 18.4 Å². The van der Waals surface area contributed by atoms with Crippen LogP contribution in [0.5, 0.6) is 0 Å². The van der Waals surface area contributed by atoms with E-state index in [0.717, 1.165) is 32.1 Å². The van der Waals surface area contributed by atoms with E-state index < -0.39 is 18.6 Å². The summed E-state index contributed by atoms with van der Waals surface area (Å²) in [6.45, 7) is -0.275. The van der Waals surface area contributed by atoms with Crippen molar-refractivity contribution >= 4 is 5.91 Å². The molecule has 2 aliphatic carbocycles. The molecular formula is C13H22F2N2O2. The molecule has 6 heteroatoms. The SMILES string of the molecule is NC(=O)C1(NC2CC2)CCCC1CCOCC(F)F. The van der Waals surface area contributed by atoms with Crippen molar-refractivity contribution in [1.29, 1.82) is 0 Å². The average Bonchev–Trinajstić information content (AvgIpc) is 3.04. The van der Waals surface area contributed by atoms with Crippen LogP contribution in [0, 0.1) is 5.92 Å². The predicted molar refractivity (Wildman–Crippen MR) is 66.9 cm³/mol. The quantitative estimate of drug-likeness (QED) is 0.659. The molecule has 0 aromatic rings. The summed E-state index contributed by atoms with van der Waals surface area (Å²) in [5.41, 5.74) is 4.95. The predicted octanol–water partition coefficient (Wildman–Crippen LogP) is 1.43. The standard InChI is InChI=1S/C13H22F2N2O2/c14-11(15)8-19-7-5-9-2-1-6-13(9,12(16)18)17-10-3-4-10/h9-11,17H,1-8H2,(H2,16,18). The molecule has 19 heavy (non-hydrogen) atoms. The van der Waals surface area contributed by atoms with Gasteiger partial charge in [-0.25, -0.2) is 8.78 Å². The number of hydrogen-bond acceptors (Lipinski definition) is 3. The number of alkyl halides is 2. The smallest absolute Gasteiger partial charge is 0.261 e. The zero-order valence-corrected chi connectivity index (χ0v) is 11.0. The first-order valence-corrected chi connectivity index (χ1v) is 6.98. The van der Waals surface area contributed by atoms with E-state index in [1.807, 2.05) is 0 Å². The minimum atomic E-state index is -2.44. The number of nitrogens with one attached hydrogen (secondary N) is 1. The van der Waals surface area contributed by atoms with Gasteiger partial charge in [-0.1, -0.05) is 6.42 Å². The van der Waals surface area contributed by atoms with E-state index in [4.69, 9.17) is 10.5 Å². The largest absolute Gasteiger partial charge is 0.376 e. The summed E-state index contributed by atoms with van der Waals surface area (Å²) in [6.07, 6.45) is 2.94. The van der Waals surface area contributed by atoms with Crippen molar-refractivity contribution in [2.75, 3.05) is 13.2 Å². The van der Waals surface area contributed by atoms with Gasteiger partial charge < -0.3 is 15.8 Å². The first kappa shape index (κ1) is 14.7. The Hall–Kier alpha value is -0.750. The highest BCUT2D eigenvalue weighted by molar-refractivity contribution is 5.85. The highest BCUT2D eigenvalue weighted by Crippen LogP contribution is 2.40. The van der Waals surface area contributed by atoms with Gasteiger partial charge in [-0.3, -0.25) is 4.79 Å². The maximum absolute atomic E-state index is 12.0. The summed E-state index contributed by atoms with van der Waals surface area (Å²) in [7, 11) is 0. The second-order valence-electron chi connectivity index (χ2n) is 5.60. The molecular weight excluding hydrogens is 254 g/mol. The molecule has 0 saturated heterocycles. The lowest BCUT2D eigenvalue weighted by Crippen LogP contribution is -2.58. The Labute approximate surface area is 112 Å². The van der Waals surface area contributed by atoms with Gasteiger partial charge in [-0.2, -0.15) is 0 Å². The first-order valence-electron chi connectivity index (χ1n) is 6.98. The Morgan fingerprint density at radius 2 is 2.16 bits per heavy atom. The Morgan fingerprint density at radius 3 is 2.74 bits per heavy atom. The Bertz CT molecular complexity index is 324. The molecule has 2 unspecified atom stereocenters. The minimum Gasteiger partial charge on any atom is -0.376 e. The van der Waals surface area contributed by atoms with E-state index in [0.29, 0.717) is 12.5 Å². The van der Waals surface area contributed by atoms with Crippen molar-refractivity contribution in [2.45, 2.75) is 56.5 Å². The molecule has 3 N–H and O–H groups in total. The third-order valence-corrected chi connectivity index (χ3v) is 4.15. The number of rotatable bonds is 8. The lowest BCUT2D eigenvalue weighted by Gasteiger charge is -2.34. The van der Waals surface area contributed by atoms with Gasteiger partial charge in [-0.05, 0) is 38.0 Å². The Morgan fingerprint density at radius 1 is 1.42 bits per heavy atom. The van der Waals surface area contributed by atoms with Crippen LogP contribution in [0.4, 0.5) is 8.78 Å². The zero-order valence-electron chi connectivity index (χ0n) is 11.0. The van der Waals surface area contributed by atoms with Crippen LogP contribution in [-0.4, -0.2) is 37.1 Å². The molecule has 0 aromatic heterocycles. The maximum Gasteiger partial charge on any atom is 0.261 e. The molecule has 2 aliphatic rings. The molecule has 4 nitrogen and oxygen atoms in total. The van der Waals surface area contributed by atoms with Gasteiger partial charge in [0, 0.05) is 12.6 Å². The van der Waals surface area contributed by atoms with E-state index in [1.54, 1.807) is 0 Å².